The van der Waals surface area contributed by atoms with Gasteiger partial charge >= 0.3 is 0 Å². The predicted octanol–water partition coefficient (Wildman–Crippen LogP) is 3.04. The number of aliphatic hydroxyl groups is 1. The van der Waals surface area contributed by atoms with Crippen LogP contribution < -0.4 is 10.1 Å². The summed E-state index contributed by atoms with van der Waals surface area (Å²) in [6.45, 7) is 2.35. The van der Waals surface area contributed by atoms with E-state index in [9.17, 15) is 4.79 Å². The number of fused-ring (bicyclic) bond motifs is 1. The highest BCUT2D eigenvalue weighted by molar-refractivity contribution is 5.98. The van der Waals surface area contributed by atoms with Crippen LogP contribution in [0.25, 0.3) is 11.0 Å². The monoisotopic (exact) mass is 325 g/mol. The molecule has 0 aliphatic heterocycles. The van der Waals surface area contributed by atoms with Gasteiger partial charge in [-0.3, -0.25) is 4.79 Å². The number of para-hydroxylation sites is 2. The van der Waals surface area contributed by atoms with Gasteiger partial charge in [-0.2, -0.15) is 0 Å². The van der Waals surface area contributed by atoms with Crippen LogP contribution in [0.2, 0.25) is 0 Å². The van der Waals surface area contributed by atoms with Crippen molar-refractivity contribution >= 4 is 16.9 Å². The van der Waals surface area contributed by atoms with Gasteiger partial charge in [0.1, 0.15) is 17.9 Å². The Morgan fingerprint density at radius 1 is 1.17 bits per heavy atom. The molecule has 0 radical (unpaired) electrons. The number of benzene rings is 2. The summed E-state index contributed by atoms with van der Waals surface area (Å²) in [5, 5.41) is 12.7. The fourth-order valence-electron chi connectivity index (χ4n) is 2.59. The van der Waals surface area contributed by atoms with E-state index in [1.165, 1.54) is 0 Å². The Labute approximate surface area is 139 Å². The van der Waals surface area contributed by atoms with E-state index in [1.807, 2.05) is 55.5 Å². The van der Waals surface area contributed by atoms with Crippen molar-refractivity contribution in [3.8, 4) is 5.75 Å². The Hall–Kier alpha value is -2.79. The van der Waals surface area contributed by atoms with Crippen molar-refractivity contribution in [1.82, 2.24) is 5.32 Å². The topological polar surface area (TPSA) is 71.7 Å². The molecule has 3 rings (SSSR count). The molecule has 0 aliphatic rings. The van der Waals surface area contributed by atoms with E-state index in [1.54, 1.807) is 0 Å². The second-order valence-corrected chi connectivity index (χ2v) is 5.41. The standard InChI is InChI=1S/C19H19NO4/c1-13-15-7-3-5-9-17(15)24-18(13)19(22)20-12-14-6-2-4-8-16(14)23-11-10-21/h2-9,21H,10-12H2,1H3,(H,20,22). The van der Waals surface area contributed by atoms with Gasteiger partial charge in [-0.1, -0.05) is 36.4 Å². The quantitative estimate of drug-likeness (QED) is 0.731. The van der Waals surface area contributed by atoms with Crippen molar-refractivity contribution < 1.29 is 19.1 Å². The maximum atomic E-state index is 12.4. The lowest BCUT2D eigenvalue weighted by Crippen LogP contribution is -2.23. The normalized spacial score (nSPS) is 10.8. The number of aliphatic hydroxyl groups excluding tert-OH is 1. The molecule has 0 aliphatic carbocycles. The molecule has 1 aromatic heterocycles. The summed E-state index contributed by atoms with van der Waals surface area (Å²) in [6, 6.07) is 15.0. The molecule has 0 fully saturated rings. The minimum absolute atomic E-state index is 0.0567. The second-order valence-electron chi connectivity index (χ2n) is 5.41. The minimum Gasteiger partial charge on any atom is -0.491 e. The molecule has 0 unspecified atom stereocenters. The molecule has 2 aromatic carbocycles. The molecule has 1 heterocycles. The Balaban J connectivity index is 1.74. The maximum Gasteiger partial charge on any atom is 0.287 e. The van der Waals surface area contributed by atoms with Crippen LogP contribution in [0, 0.1) is 6.92 Å². The highest BCUT2D eigenvalue weighted by Crippen LogP contribution is 2.25. The van der Waals surface area contributed by atoms with E-state index in [-0.39, 0.29) is 19.1 Å². The molecule has 5 nitrogen and oxygen atoms in total. The molecule has 24 heavy (non-hydrogen) atoms. The number of rotatable bonds is 6. The number of hydrogen-bond donors (Lipinski definition) is 2. The first-order chi connectivity index (χ1) is 11.7. The van der Waals surface area contributed by atoms with Crippen molar-refractivity contribution in [2.45, 2.75) is 13.5 Å². The van der Waals surface area contributed by atoms with E-state index in [0.29, 0.717) is 23.6 Å². The summed E-state index contributed by atoms with van der Waals surface area (Å²) in [5.74, 6) is 0.707. The largest absolute Gasteiger partial charge is 0.491 e. The van der Waals surface area contributed by atoms with Crippen molar-refractivity contribution in [3.05, 3.63) is 65.4 Å². The summed E-state index contributed by atoms with van der Waals surface area (Å²) >= 11 is 0. The van der Waals surface area contributed by atoms with Gasteiger partial charge in [0.05, 0.1) is 6.61 Å². The first-order valence-electron chi connectivity index (χ1n) is 7.78. The van der Waals surface area contributed by atoms with Crippen LogP contribution in [-0.2, 0) is 6.54 Å². The SMILES string of the molecule is Cc1c(C(=O)NCc2ccccc2OCCO)oc2ccccc12. The lowest BCUT2D eigenvalue weighted by molar-refractivity contribution is 0.0924. The van der Waals surface area contributed by atoms with Gasteiger partial charge in [0.15, 0.2) is 5.76 Å². The van der Waals surface area contributed by atoms with E-state index >= 15 is 0 Å². The number of amides is 1. The lowest BCUT2D eigenvalue weighted by Gasteiger charge is -2.11. The summed E-state index contributed by atoms with van der Waals surface area (Å²) < 4.78 is 11.1. The summed E-state index contributed by atoms with van der Waals surface area (Å²) in [7, 11) is 0. The van der Waals surface area contributed by atoms with Crippen molar-refractivity contribution in [2.24, 2.45) is 0 Å². The summed E-state index contributed by atoms with van der Waals surface area (Å²) in [4.78, 5) is 12.4. The van der Waals surface area contributed by atoms with Gasteiger partial charge in [-0.25, -0.2) is 0 Å². The minimum atomic E-state index is -0.263. The van der Waals surface area contributed by atoms with Crippen LogP contribution in [0.15, 0.2) is 52.9 Å². The van der Waals surface area contributed by atoms with Crippen LogP contribution in [0.4, 0.5) is 0 Å². The molecular weight excluding hydrogens is 306 g/mol. The van der Waals surface area contributed by atoms with Gasteiger partial charge in [0.25, 0.3) is 5.91 Å². The number of hydrogen-bond acceptors (Lipinski definition) is 4. The number of carbonyl (C=O) groups excluding carboxylic acids is 1. The molecular formula is C19H19NO4. The first kappa shape index (κ1) is 16.1. The third kappa shape index (κ3) is 3.26. The first-order valence-corrected chi connectivity index (χ1v) is 7.78. The van der Waals surface area contributed by atoms with E-state index in [2.05, 4.69) is 5.32 Å². The molecule has 0 bridgehead atoms. The zero-order valence-electron chi connectivity index (χ0n) is 13.4. The van der Waals surface area contributed by atoms with E-state index in [0.717, 1.165) is 16.5 Å². The van der Waals surface area contributed by atoms with Gasteiger partial charge in [0.2, 0.25) is 0 Å². The molecule has 0 saturated heterocycles. The zero-order chi connectivity index (χ0) is 16.9. The number of carbonyl (C=O) groups is 1. The van der Waals surface area contributed by atoms with E-state index < -0.39 is 0 Å². The third-order valence-electron chi connectivity index (χ3n) is 3.81. The second kappa shape index (κ2) is 7.19. The average Bonchev–Trinajstić information content (AvgIpc) is 2.96. The predicted molar refractivity (Wildman–Crippen MR) is 91.1 cm³/mol. The van der Waals surface area contributed by atoms with Gasteiger partial charge < -0.3 is 19.6 Å². The number of aryl methyl sites for hydroxylation is 1. The Morgan fingerprint density at radius 2 is 1.92 bits per heavy atom. The Morgan fingerprint density at radius 3 is 2.71 bits per heavy atom. The molecule has 5 heteroatoms. The molecule has 124 valence electrons. The van der Waals surface area contributed by atoms with Crippen molar-refractivity contribution in [1.29, 1.82) is 0 Å². The van der Waals surface area contributed by atoms with Crippen LogP contribution in [0.5, 0.6) is 5.75 Å². The van der Waals surface area contributed by atoms with Gasteiger partial charge in [0, 0.05) is 23.1 Å². The lowest BCUT2D eigenvalue weighted by atomic mass is 10.1. The number of furan rings is 1. The molecule has 0 saturated carbocycles. The smallest absolute Gasteiger partial charge is 0.287 e. The molecule has 3 aromatic rings. The highest BCUT2D eigenvalue weighted by Gasteiger charge is 2.17. The van der Waals surface area contributed by atoms with Crippen molar-refractivity contribution in [3.63, 3.8) is 0 Å². The Kier molecular flexibility index (Phi) is 4.82. The summed E-state index contributed by atoms with van der Waals surface area (Å²) in [6.07, 6.45) is 0. The molecule has 0 spiro atoms. The van der Waals surface area contributed by atoms with Gasteiger partial charge in [-0.05, 0) is 19.1 Å². The number of ether oxygens (including phenoxy) is 1. The molecule has 2 N–H and O–H groups in total. The molecule has 0 atom stereocenters. The van der Waals surface area contributed by atoms with Crippen LogP contribution >= 0.6 is 0 Å². The fraction of sp³-hybridized carbons (Fsp3) is 0.211. The molecule has 1 amide bonds. The average molecular weight is 325 g/mol. The van der Waals surface area contributed by atoms with Gasteiger partial charge in [-0.15, -0.1) is 0 Å². The maximum absolute atomic E-state index is 12.4. The van der Waals surface area contributed by atoms with Crippen molar-refractivity contribution in [2.75, 3.05) is 13.2 Å². The Bertz CT molecular complexity index is 853. The fourth-order valence-corrected chi connectivity index (χ4v) is 2.59. The zero-order valence-corrected chi connectivity index (χ0v) is 13.4. The van der Waals surface area contributed by atoms with Crippen LogP contribution in [-0.4, -0.2) is 24.2 Å². The summed E-state index contributed by atoms with van der Waals surface area (Å²) in [5.41, 5.74) is 2.37. The number of nitrogens with one attached hydrogen (secondary N) is 1. The van der Waals surface area contributed by atoms with Crippen LogP contribution in [0.3, 0.4) is 0 Å². The van der Waals surface area contributed by atoms with E-state index in [4.69, 9.17) is 14.3 Å². The van der Waals surface area contributed by atoms with Crippen LogP contribution in [0.1, 0.15) is 21.7 Å². The third-order valence-corrected chi connectivity index (χ3v) is 3.81. The highest BCUT2D eigenvalue weighted by atomic mass is 16.5.